The second kappa shape index (κ2) is 9.22. The first-order valence-corrected chi connectivity index (χ1v) is 9.06. The fourth-order valence-corrected chi connectivity index (χ4v) is 3.00. The quantitative estimate of drug-likeness (QED) is 0.709. The summed E-state index contributed by atoms with van der Waals surface area (Å²) in [6.07, 6.45) is 0.660. The summed E-state index contributed by atoms with van der Waals surface area (Å²) in [6, 6.07) is 11.9. The van der Waals surface area contributed by atoms with Crippen molar-refractivity contribution in [1.29, 1.82) is 0 Å². The lowest BCUT2D eigenvalue weighted by Gasteiger charge is -2.11. The van der Waals surface area contributed by atoms with Crippen LogP contribution in [-0.2, 0) is 9.59 Å². The highest BCUT2D eigenvalue weighted by Crippen LogP contribution is 2.23. The summed E-state index contributed by atoms with van der Waals surface area (Å²) in [4.78, 5) is 24.1. The van der Waals surface area contributed by atoms with E-state index < -0.39 is 0 Å². The molecule has 0 bridgehead atoms. The zero-order valence-electron chi connectivity index (χ0n) is 14.3. The topological polar surface area (TPSA) is 58.2 Å². The van der Waals surface area contributed by atoms with E-state index in [-0.39, 0.29) is 24.1 Å². The van der Waals surface area contributed by atoms with Crippen LogP contribution in [0.5, 0.6) is 0 Å². The van der Waals surface area contributed by atoms with Crippen molar-refractivity contribution < 1.29 is 14.0 Å². The number of halogens is 1. The maximum absolute atomic E-state index is 13.5. The van der Waals surface area contributed by atoms with E-state index in [1.54, 1.807) is 37.3 Å². The van der Waals surface area contributed by atoms with Crippen molar-refractivity contribution in [1.82, 2.24) is 0 Å². The third kappa shape index (κ3) is 5.90. The summed E-state index contributed by atoms with van der Waals surface area (Å²) < 4.78 is 13.5. The van der Waals surface area contributed by atoms with E-state index in [4.69, 9.17) is 0 Å². The Bertz CT molecular complexity index is 765. The molecule has 4 nitrogen and oxygen atoms in total. The smallest absolute Gasteiger partial charge is 0.225 e. The minimum absolute atomic E-state index is 0.0811. The third-order valence-electron chi connectivity index (χ3n) is 3.54. The lowest BCUT2D eigenvalue weighted by Crippen LogP contribution is -2.14. The average molecular weight is 360 g/mol. The molecule has 0 radical (unpaired) electrons. The molecule has 0 saturated heterocycles. The Kier molecular flexibility index (Phi) is 7.01. The number of nitrogens with one attached hydrogen (secondary N) is 2. The fraction of sp³-hybridized carbons (Fsp3) is 0.263. The minimum Gasteiger partial charge on any atom is -0.326 e. The Labute approximate surface area is 151 Å². The largest absolute Gasteiger partial charge is 0.326 e. The minimum atomic E-state index is -0.275. The van der Waals surface area contributed by atoms with Crippen molar-refractivity contribution in [3.05, 3.63) is 53.8 Å². The van der Waals surface area contributed by atoms with Gasteiger partial charge in [-0.2, -0.15) is 0 Å². The zero-order chi connectivity index (χ0) is 18.2. The molecular formula is C19H21FN2O2S. The summed E-state index contributed by atoms with van der Waals surface area (Å²) in [7, 11) is 0. The predicted octanol–water partition coefficient (Wildman–Crippen LogP) is 4.60. The molecule has 0 atom stereocenters. The highest BCUT2D eigenvalue weighted by atomic mass is 32.2. The van der Waals surface area contributed by atoms with E-state index in [2.05, 4.69) is 10.6 Å². The Morgan fingerprint density at radius 3 is 2.56 bits per heavy atom. The monoisotopic (exact) mass is 360 g/mol. The summed E-state index contributed by atoms with van der Waals surface area (Å²) in [5.41, 5.74) is 2.22. The van der Waals surface area contributed by atoms with Gasteiger partial charge in [0, 0.05) is 34.9 Å². The van der Waals surface area contributed by atoms with Gasteiger partial charge in [0.25, 0.3) is 0 Å². The van der Waals surface area contributed by atoms with Crippen LogP contribution in [0.2, 0.25) is 0 Å². The summed E-state index contributed by atoms with van der Waals surface area (Å²) in [5.74, 6) is -0.0191. The molecule has 2 amide bonds. The van der Waals surface area contributed by atoms with Crippen LogP contribution in [0, 0.1) is 12.7 Å². The van der Waals surface area contributed by atoms with E-state index in [1.807, 2.05) is 13.0 Å². The van der Waals surface area contributed by atoms with Gasteiger partial charge in [-0.1, -0.05) is 25.1 Å². The highest BCUT2D eigenvalue weighted by Gasteiger charge is 2.08. The van der Waals surface area contributed by atoms with Crippen LogP contribution in [0.25, 0.3) is 0 Å². The number of hydrogen-bond acceptors (Lipinski definition) is 3. The maximum Gasteiger partial charge on any atom is 0.225 e. The van der Waals surface area contributed by atoms with Crippen LogP contribution in [0.4, 0.5) is 15.8 Å². The molecule has 2 aromatic rings. The van der Waals surface area contributed by atoms with Gasteiger partial charge >= 0.3 is 0 Å². The predicted molar refractivity (Wildman–Crippen MR) is 100 cm³/mol. The van der Waals surface area contributed by atoms with E-state index in [1.165, 1.54) is 17.8 Å². The Morgan fingerprint density at radius 1 is 1.08 bits per heavy atom. The van der Waals surface area contributed by atoms with Gasteiger partial charge in [-0.15, -0.1) is 11.8 Å². The van der Waals surface area contributed by atoms with E-state index in [0.717, 1.165) is 5.56 Å². The van der Waals surface area contributed by atoms with Crippen LogP contribution < -0.4 is 10.6 Å². The molecule has 0 unspecified atom stereocenters. The van der Waals surface area contributed by atoms with Gasteiger partial charge < -0.3 is 10.6 Å². The normalized spacial score (nSPS) is 10.4. The Hall–Kier alpha value is -2.34. The van der Waals surface area contributed by atoms with Crippen LogP contribution in [0.15, 0.2) is 47.4 Å². The molecule has 2 N–H and O–H groups in total. The van der Waals surface area contributed by atoms with Crippen LogP contribution in [0.3, 0.4) is 0 Å². The van der Waals surface area contributed by atoms with Gasteiger partial charge in [0.1, 0.15) is 5.82 Å². The molecule has 0 aliphatic heterocycles. The van der Waals surface area contributed by atoms with Gasteiger partial charge in [0.2, 0.25) is 11.8 Å². The molecule has 2 rings (SSSR count). The van der Waals surface area contributed by atoms with Gasteiger partial charge in [-0.3, -0.25) is 9.59 Å². The maximum atomic E-state index is 13.5. The molecule has 0 fully saturated rings. The first-order valence-electron chi connectivity index (χ1n) is 8.07. The summed E-state index contributed by atoms with van der Waals surface area (Å²) in [5, 5.41) is 5.61. The molecule has 2 aromatic carbocycles. The van der Waals surface area contributed by atoms with Crippen molar-refractivity contribution in [3.8, 4) is 0 Å². The van der Waals surface area contributed by atoms with Gasteiger partial charge in [0.15, 0.2) is 0 Å². The lowest BCUT2D eigenvalue weighted by atomic mass is 10.1. The Morgan fingerprint density at radius 2 is 1.84 bits per heavy atom. The number of thioether (sulfide) groups is 1. The van der Waals surface area contributed by atoms with Crippen molar-refractivity contribution in [3.63, 3.8) is 0 Å². The SMILES string of the molecule is CCC(=O)Nc1ccc(C)c(NC(=O)CCSc2ccccc2F)c1. The van der Waals surface area contributed by atoms with Crippen LogP contribution in [0.1, 0.15) is 25.3 Å². The number of aryl methyl sites for hydroxylation is 1. The number of anilines is 2. The molecular weight excluding hydrogens is 339 g/mol. The molecule has 0 aromatic heterocycles. The van der Waals surface area contributed by atoms with Crippen molar-refractivity contribution in [2.24, 2.45) is 0 Å². The average Bonchev–Trinajstić information content (AvgIpc) is 2.59. The second-order valence-electron chi connectivity index (χ2n) is 5.51. The number of amides is 2. The highest BCUT2D eigenvalue weighted by molar-refractivity contribution is 7.99. The summed E-state index contributed by atoms with van der Waals surface area (Å²) in [6.45, 7) is 3.66. The third-order valence-corrected chi connectivity index (χ3v) is 4.59. The first-order chi connectivity index (χ1) is 12.0. The lowest BCUT2D eigenvalue weighted by molar-refractivity contribution is -0.116. The van der Waals surface area contributed by atoms with Gasteiger partial charge in [0.05, 0.1) is 0 Å². The van der Waals surface area contributed by atoms with Gasteiger partial charge in [-0.25, -0.2) is 4.39 Å². The number of rotatable bonds is 7. The Balaban J connectivity index is 1.90. The molecule has 25 heavy (non-hydrogen) atoms. The zero-order valence-corrected chi connectivity index (χ0v) is 15.1. The van der Waals surface area contributed by atoms with Crippen molar-refractivity contribution in [2.75, 3.05) is 16.4 Å². The van der Waals surface area contributed by atoms with E-state index in [9.17, 15) is 14.0 Å². The van der Waals surface area contributed by atoms with Crippen molar-refractivity contribution in [2.45, 2.75) is 31.6 Å². The second-order valence-corrected chi connectivity index (χ2v) is 6.65. The number of carbonyl (C=O) groups is 2. The molecule has 0 spiro atoms. The molecule has 0 aliphatic carbocycles. The number of hydrogen-bond donors (Lipinski definition) is 2. The van der Waals surface area contributed by atoms with E-state index in [0.29, 0.717) is 28.4 Å². The first kappa shape index (κ1) is 19.0. The number of benzene rings is 2. The molecule has 0 aliphatic rings. The molecule has 0 saturated carbocycles. The summed E-state index contributed by atoms with van der Waals surface area (Å²) >= 11 is 1.31. The van der Waals surface area contributed by atoms with Gasteiger partial charge in [-0.05, 0) is 36.8 Å². The number of carbonyl (C=O) groups excluding carboxylic acids is 2. The molecule has 0 heterocycles. The molecule has 132 valence electrons. The van der Waals surface area contributed by atoms with Crippen LogP contribution in [-0.4, -0.2) is 17.6 Å². The van der Waals surface area contributed by atoms with E-state index >= 15 is 0 Å². The van der Waals surface area contributed by atoms with Crippen LogP contribution >= 0.6 is 11.8 Å². The fourth-order valence-electron chi connectivity index (χ4n) is 2.11. The molecule has 6 heteroatoms. The van der Waals surface area contributed by atoms with Crippen molar-refractivity contribution >= 4 is 35.0 Å². The standard InChI is InChI=1S/C19H21FN2O2S/c1-3-18(23)21-14-9-8-13(2)16(12-14)22-19(24)10-11-25-17-7-5-4-6-15(17)20/h4-9,12H,3,10-11H2,1-2H3,(H,21,23)(H,22,24).